The molecule has 0 saturated carbocycles. The van der Waals surface area contributed by atoms with Crippen LogP contribution in [0.25, 0.3) is 0 Å². The highest BCUT2D eigenvalue weighted by Gasteiger charge is 2.11. The Morgan fingerprint density at radius 2 is 1.57 bits per heavy atom. The van der Waals surface area contributed by atoms with Crippen molar-refractivity contribution in [1.82, 2.24) is 0 Å². The number of carbonyl (C=O) groups is 4. The number of esters is 1. The van der Waals surface area contributed by atoms with Crippen molar-refractivity contribution in [3.63, 3.8) is 0 Å². The van der Waals surface area contributed by atoms with Crippen molar-refractivity contribution >= 4 is 58.1 Å². The molecule has 0 aliphatic rings. The lowest BCUT2D eigenvalue weighted by Gasteiger charge is -2.08. The first kappa shape index (κ1) is 23.4. The number of hydrogen-bond donors (Lipinski definition) is 2. The fraction of sp³-hybridized carbons (Fsp3) is 0.238. The molecule has 0 aliphatic carbocycles. The van der Waals surface area contributed by atoms with E-state index in [0.717, 1.165) is 0 Å². The van der Waals surface area contributed by atoms with Gasteiger partial charge in [0.1, 0.15) is 0 Å². The van der Waals surface area contributed by atoms with Crippen molar-refractivity contribution in [3.8, 4) is 0 Å². The number of nitrogens with one attached hydrogen (secondary N) is 2. The lowest BCUT2D eigenvalue weighted by Crippen LogP contribution is -2.21. The molecule has 0 spiro atoms. The van der Waals surface area contributed by atoms with Gasteiger partial charge >= 0.3 is 5.97 Å². The van der Waals surface area contributed by atoms with E-state index in [2.05, 4.69) is 10.6 Å². The molecule has 30 heavy (non-hydrogen) atoms. The summed E-state index contributed by atoms with van der Waals surface area (Å²) in [6.45, 7) is 0.987. The third-order valence-corrected chi connectivity index (χ3v) is 4.64. The molecule has 0 aromatic heterocycles. The van der Waals surface area contributed by atoms with Crippen LogP contribution in [-0.2, 0) is 19.1 Å². The van der Waals surface area contributed by atoms with E-state index in [1.165, 1.54) is 19.1 Å². The Morgan fingerprint density at radius 1 is 0.867 bits per heavy atom. The molecule has 0 aliphatic heterocycles. The Labute approximate surface area is 183 Å². The molecule has 0 radical (unpaired) electrons. The molecule has 9 heteroatoms. The van der Waals surface area contributed by atoms with E-state index in [9.17, 15) is 19.2 Å². The van der Waals surface area contributed by atoms with E-state index in [4.69, 9.17) is 27.9 Å². The van der Waals surface area contributed by atoms with Crippen molar-refractivity contribution in [3.05, 3.63) is 58.1 Å². The monoisotopic (exact) mass is 450 g/mol. The first-order valence-electron chi connectivity index (χ1n) is 9.06. The standard InChI is InChI=1S/C21H20Cl2N2O5/c1-13(26)14-4-2-5-15(10-14)24-19(27)6-3-7-21(29)30-12-20(28)25-16-8-9-17(22)18(23)11-16/h2,4-5,8-11H,3,6-7,12H2,1H3,(H,24,27)(H,25,28). The molecule has 0 bridgehead atoms. The predicted molar refractivity (Wildman–Crippen MR) is 115 cm³/mol. The maximum absolute atomic E-state index is 12.0. The summed E-state index contributed by atoms with van der Waals surface area (Å²) in [7, 11) is 0. The van der Waals surface area contributed by atoms with E-state index < -0.39 is 18.5 Å². The molecular formula is C21H20Cl2N2O5. The summed E-state index contributed by atoms with van der Waals surface area (Å²) >= 11 is 11.7. The van der Waals surface area contributed by atoms with Crippen molar-refractivity contribution in [2.24, 2.45) is 0 Å². The Bertz CT molecular complexity index is 962. The SMILES string of the molecule is CC(=O)c1cccc(NC(=O)CCCC(=O)OCC(=O)Nc2ccc(Cl)c(Cl)c2)c1. The maximum Gasteiger partial charge on any atom is 0.306 e. The van der Waals surface area contributed by atoms with Gasteiger partial charge < -0.3 is 15.4 Å². The number of halogens is 2. The molecule has 2 aromatic rings. The highest BCUT2D eigenvalue weighted by Crippen LogP contribution is 2.24. The minimum absolute atomic E-state index is 0.0129. The zero-order valence-corrected chi connectivity index (χ0v) is 17.7. The molecule has 0 fully saturated rings. The zero-order chi connectivity index (χ0) is 22.1. The van der Waals surface area contributed by atoms with Crippen molar-refractivity contribution in [1.29, 1.82) is 0 Å². The number of anilines is 2. The molecule has 7 nitrogen and oxygen atoms in total. The molecule has 158 valence electrons. The van der Waals surface area contributed by atoms with Gasteiger partial charge in [-0.05, 0) is 43.7 Å². The van der Waals surface area contributed by atoms with Crippen molar-refractivity contribution in [2.75, 3.05) is 17.2 Å². The van der Waals surface area contributed by atoms with E-state index in [-0.39, 0.29) is 36.0 Å². The molecule has 2 N–H and O–H groups in total. The average molecular weight is 451 g/mol. The molecule has 0 unspecified atom stereocenters. The number of ketones is 1. The molecule has 2 aromatic carbocycles. The summed E-state index contributed by atoms with van der Waals surface area (Å²) in [5.41, 5.74) is 1.43. The van der Waals surface area contributed by atoms with Crippen LogP contribution in [0, 0.1) is 0 Å². The first-order chi connectivity index (χ1) is 14.2. The number of carbonyl (C=O) groups excluding carboxylic acids is 4. The van der Waals surface area contributed by atoms with Crippen LogP contribution < -0.4 is 10.6 Å². The first-order valence-corrected chi connectivity index (χ1v) is 9.81. The van der Waals surface area contributed by atoms with E-state index in [0.29, 0.717) is 22.0 Å². The van der Waals surface area contributed by atoms with Crippen LogP contribution in [-0.4, -0.2) is 30.2 Å². The second-order valence-electron chi connectivity index (χ2n) is 6.38. The number of benzene rings is 2. The highest BCUT2D eigenvalue weighted by molar-refractivity contribution is 6.42. The molecule has 2 rings (SSSR count). The van der Waals surface area contributed by atoms with Gasteiger partial charge in [0.15, 0.2) is 12.4 Å². The van der Waals surface area contributed by atoms with Gasteiger partial charge in [0.2, 0.25) is 5.91 Å². The van der Waals surface area contributed by atoms with Crippen LogP contribution in [0.5, 0.6) is 0 Å². The lowest BCUT2D eigenvalue weighted by atomic mass is 10.1. The third kappa shape index (κ3) is 7.85. The van der Waals surface area contributed by atoms with E-state index in [1.54, 1.807) is 30.3 Å². The second-order valence-corrected chi connectivity index (χ2v) is 7.19. The van der Waals surface area contributed by atoms with Gasteiger partial charge in [0.05, 0.1) is 10.0 Å². The number of rotatable bonds is 9. The lowest BCUT2D eigenvalue weighted by molar-refractivity contribution is -0.147. The maximum atomic E-state index is 12.0. The van der Waals surface area contributed by atoms with Crippen molar-refractivity contribution in [2.45, 2.75) is 26.2 Å². The minimum atomic E-state index is -0.592. The number of hydrogen-bond acceptors (Lipinski definition) is 5. The van der Waals surface area contributed by atoms with E-state index in [1.807, 2.05) is 0 Å². The molecule has 0 atom stereocenters. The molecule has 2 amide bonds. The van der Waals surface area contributed by atoms with Gasteiger partial charge in [0, 0.05) is 29.8 Å². The van der Waals surface area contributed by atoms with Gasteiger partial charge in [-0.2, -0.15) is 0 Å². The topological polar surface area (TPSA) is 102 Å². The summed E-state index contributed by atoms with van der Waals surface area (Å²) in [6, 6.07) is 11.2. The number of Topliss-reactive ketones (excluding diaryl/α,β-unsaturated/α-hetero) is 1. The van der Waals surface area contributed by atoms with Gasteiger partial charge in [-0.1, -0.05) is 35.3 Å². The third-order valence-electron chi connectivity index (χ3n) is 3.91. The summed E-state index contributed by atoms with van der Waals surface area (Å²) in [4.78, 5) is 46.9. The van der Waals surface area contributed by atoms with Gasteiger partial charge in [-0.15, -0.1) is 0 Å². The summed E-state index contributed by atoms with van der Waals surface area (Å²) in [5.74, 6) is -1.51. The van der Waals surface area contributed by atoms with Crippen molar-refractivity contribution < 1.29 is 23.9 Å². The Balaban J connectivity index is 1.67. The summed E-state index contributed by atoms with van der Waals surface area (Å²) < 4.78 is 4.89. The van der Waals surface area contributed by atoms with Crippen LogP contribution in [0.4, 0.5) is 11.4 Å². The van der Waals surface area contributed by atoms with Crippen LogP contribution in [0.1, 0.15) is 36.5 Å². The van der Waals surface area contributed by atoms with Gasteiger partial charge in [-0.3, -0.25) is 19.2 Å². The van der Waals surface area contributed by atoms with Crippen LogP contribution in [0.2, 0.25) is 10.0 Å². The average Bonchev–Trinajstić information content (AvgIpc) is 2.69. The Hall–Kier alpha value is -2.90. The summed E-state index contributed by atoms with van der Waals surface area (Å²) in [6.07, 6.45) is 0.335. The highest BCUT2D eigenvalue weighted by atomic mass is 35.5. The van der Waals surface area contributed by atoms with Crippen LogP contribution in [0.3, 0.4) is 0 Å². The predicted octanol–water partition coefficient (Wildman–Crippen LogP) is 4.49. The van der Waals surface area contributed by atoms with Gasteiger partial charge in [-0.25, -0.2) is 0 Å². The fourth-order valence-corrected chi connectivity index (χ4v) is 2.72. The minimum Gasteiger partial charge on any atom is -0.456 e. The second kappa shape index (κ2) is 11.3. The largest absolute Gasteiger partial charge is 0.456 e. The number of ether oxygens (including phenoxy) is 1. The zero-order valence-electron chi connectivity index (χ0n) is 16.2. The fourth-order valence-electron chi connectivity index (χ4n) is 2.42. The quantitative estimate of drug-likeness (QED) is 0.432. The molecule has 0 heterocycles. The normalized spacial score (nSPS) is 10.2. The number of amides is 2. The van der Waals surface area contributed by atoms with Crippen LogP contribution >= 0.6 is 23.2 Å². The van der Waals surface area contributed by atoms with Crippen LogP contribution in [0.15, 0.2) is 42.5 Å². The molecule has 0 saturated heterocycles. The van der Waals surface area contributed by atoms with E-state index >= 15 is 0 Å². The van der Waals surface area contributed by atoms with Gasteiger partial charge in [0.25, 0.3) is 5.91 Å². The summed E-state index contributed by atoms with van der Waals surface area (Å²) in [5, 5.41) is 5.85. The Morgan fingerprint density at radius 3 is 2.27 bits per heavy atom. The molecular weight excluding hydrogens is 431 g/mol. The smallest absolute Gasteiger partial charge is 0.306 e. The Kier molecular flexibility index (Phi) is 8.83.